The van der Waals surface area contributed by atoms with E-state index in [2.05, 4.69) is 11.4 Å². The van der Waals surface area contributed by atoms with Gasteiger partial charge in [-0.1, -0.05) is 43.5 Å². The Morgan fingerprint density at radius 3 is 2.39 bits per heavy atom. The molecule has 6 nitrogen and oxygen atoms in total. The number of thioether (sulfide) groups is 1. The summed E-state index contributed by atoms with van der Waals surface area (Å²) >= 11 is 1.39. The van der Waals surface area contributed by atoms with Crippen molar-refractivity contribution in [1.82, 2.24) is 0 Å². The lowest BCUT2D eigenvalue weighted by Crippen LogP contribution is -2.26. The van der Waals surface area contributed by atoms with E-state index in [1.165, 1.54) is 49.4 Å². The van der Waals surface area contributed by atoms with Crippen molar-refractivity contribution in [1.29, 1.82) is 0 Å². The van der Waals surface area contributed by atoms with Crippen LogP contribution in [0, 0.1) is 0 Å². The van der Waals surface area contributed by atoms with Crippen molar-refractivity contribution >= 4 is 36.7 Å². The molecule has 2 aliphatic rings. The molecule has 1 aliphatic heterocycles. The number of amides is 1. The van der Waals surface area contributed by atoms with Crippen LogP contribution in [0.3, 0.4) is 0 Å². The zero-order valence-electron chi connectivity index (χ0n) is 21.2. The van der Waals surface area contributed by atoms with Crippen LogP contribution in [0.4, 0.5) is 5.69 Å². The molecule has 0 radical (unpaired) electrons. The topological polar surface area (TPSA) is 81.7 Å². The van der Waals surface area contributed by atoms with Crippen molar-refractivity contribution in [2.24, 2.45) is 0 Å². The highest BCUT2D eigenvalue weighted by Gasteiger charge is 2.32. The number of aryl methyl sites for hydroxylation is 1. The monoisotopic (exact) mass is 529 g/mol. The first-order chi connectivity index (χ1) is 17.4. The smallest absolute Gasteiger partial charge is 0.325 e. The zero-order valence-corrected chi connectivity index (χ0v) is 22.9. The van der Waals surface area contributed by atoms with Gasteiger partial charge >= 0.3 is 7.60 Å². The summed E-state index contributed by atoms with van der Waals surface area (Å²) in [5.41, 5.74) is 4.44. The average Bonchev–Trinajstić information content (AvgIpc) is 2.89. The van der Waals surface area contributed by atoms with E-state index in [0.717, 1.165) is 11.1 Å². The van der Waals surface area contributed by atoms with Crippen LogP contribution in [-0.4, -0.2) is 36.8 Å². The number of benzene rings is 2. The molecular formula is C28H36NO5PS. The number of hydrogen-bond acceptors (Lipinski definition) is 6. The molecule has 36 heavy (non-hydrogen) atoms. The van der Waals surface area contributed by atoms with Crippen LogP contribution in [0.1, 0.15) is 84.2 Å². The minimum atomic E-state index is -3.09. The molecule has 1 unspecified atom stereocenters. The van der Waals surface area contributed by atoms with E-state index in [4.69, 9.17) is 9.05 Å². The number of carbonyl (C=O) groups excluding carboxylic acids is 2. The summed E-state index contributed by atoms with van der Waals surface area (Å²) in [5.74, 6) is 0.826. The Kier molecular flexibility index (Phi) is 9.46. The van der Waals surface area contributed by atoms with E-state index < -0.39 is 12.8 Å². The maximum absolute atomic E-state index is 13.2. The second-order valence-electron chi connectivity index (χ2n) is 9.40. The highest BCUT2D eigenvalue weighted by molar-refractivity contribution is 8.01. The van der Waals surface area contributed by atoms with Gasteiger partial charge in [0.25, 0.3) is 0 Å². The van der Waals surface area contributed by atoms with Gasteiger partial charge in [-0.3, -0.25) is 14.2 Å². The Hall–Kier alpha value is -1.92. The SMILES string of the molecule is CCOP(=O)(CCc1ccc(NC(=O)C2SCC(=O)c3cc(C4CCCCC4)ccc32)cc1)OCC. The summed E-state index contributed by atoms with van der Waals surface area (Å²) in [6.07, 6.45) is 7.01. The molecule has 1 amide bonds. The number of fused-ring (bicyclic) bond motifs is 1. The Morgan fingerprint density at radius 1 is 1.03 bits per heavy atom. The normalized spacial score (nSPS) is 18.6. The van der Waals surface area contributed by atoms with Crippen LogP contribution in [0.2, 0.25) is 0 Å². The lowest BCUT2D eigenvalue weighted by atomic mass is 9.82. The van der Waals surface area contributed by atoms with Crippen LogP contribution in [-0.2, 0) is 24.8 Å². The number of ketones is 1. The van der Waals surface area contributed by atoms with Gasteiger partial charge in [-0.25, -0.2) is 0 Å². The number of rotatable bonds is 10. The van der Waals surface area contributed by atoms with Gasteiger partial charge in [-0.15, -0.1) is 11.8 Å². The van der Waals surface area contributed by atoms with Gasteiger partial charge in [0.05, 0.1) is 25.1 Å². The van der Waals surface area contributed by atoms with Crippen molar-refractivity contribution in [3.63, 3.8) is 0 Å². The summed E-state index contributed by atoms with van der Waals surface area (Å²) in [7, 11) is -3.09. The Labute approximate surface area is 218 Å². The van der Waals surface area contributed by atoms with Gasteiger partial charge in [0, 0.05) is 11.3 Å². The third-order valence-corrected chi connectivity index (χ3v) is 10.2. The van der Waals surface area contributed by atoms with Crippen LogP contribution in [0.5, 0.6) is 0 Å². The molecule has 0 bridgehead atoms. The van der Waals surface area contributed by atoms with Gasteiger partial charge in [0.2, 0.25) is 5.91 Å². The summed E-state index contributed by atoms with van der Waals surface area (Å²) in [5, 5.41) is 2.59. The first-order valence-electron chi connectivity index (χ1n) is 13.0. The Morgan fingerprint density at radius 2 is 1.72 bits per heavy atom. The molecule has 1 heterocycles. The summed E-state index contributed by atoms with van der Waals surface area (Å²) in [4.78, 5) is 25.9. The zero-order chi connectivity index (χ0) is 25.5. The molecule has 2 aromatic rings. The number of nitrogens with one attached hydrogen (secondary N) is 1. The fourth-order valence-electron chi connectivity index (χ4n) is 5.07. The van der Waals surface area contributed by atoms with Gasteiger partial charge in [-0.2, -0.15) is 0 Å². The van der Waals surface area contributed by atoms with Crippen molar-refractivity contribution in [2.45, 2.75) is 63.5 Å². The van der Waals surface area contributed by atoms with E-state index in [1.54, 1.807) is 13.8 Å². The second-order valence-corrected chi connectivity index (χ2v) is 12.7. The molecule has 1 N–H and O–H groups in total. The fourth-order valence-corrected chi connectivity index (χ4v) is 7.79. The first kappa shape index (κ1) is 27.1. The van der Waals surface area contributed by atoms with E-state index >= 15 is 0 Å². The van der Waals surface area contributed by atoms with E-state index in [1.807, 2.05) is 36.4 Å². The molecule has 0 aromatic heterocycles. The number of hydrogen-bond donors (Lipinski definition) is 1. The van der Waals surface area contributed by atoms with Gasteiger partial charge in [-0.05, 0) is 73.9 Å². The van der Waals surface area contributed by atoms with Crippen molar-refractivity contribution in [2.75, 3.05) is 30.4 Å². The number of carbonyl (C=O) groups is 2. The van der Waals surface area contributed by atoms with E-state index in [0.29, 0.717) is 48.7 Å². The van der Waals surface area contributed by atoms with E-state index in [-0.39, 0.29) is 11.7 Å². The summed E-state index contributed by atoms with van der Waals surface area (Å²) in [6, 6.07) is 13.7. The molecule has 4 rings (SSSR count). The van der Waals surface area contributed by atoms with Crippen LogP contribution in [0.25, 0.3) is 0 Å². The summed E-state index contributed by atoms with van der Waals surface area (Å²) in [6.45, 7) is 4.30. The predicted octanol–water partition coefficient (Wildman–Crippen LogP) is 7.15. The van der Waals surface area contributed by atoms with Crippen molar-refractivity contribution in [3.05, 3.63) is 64.7 Å². The summed E-state index contributed by atoms with van der Waals surface area (Å²) < 4.78 is 23.4. The molecule has 0 spiro atoms. The molecule has 1 fully saturated rings. The van der Waals surface area contributed by atoms with E-state index in [9.17, 15) is 14.2 Å². The van der Waals surface area contributed by atoms with Crippen LogP contribution in [0.15, 0.2) is 42.5 Å². The Balaban J connectivity index is 1.40. The maximum atomic E-state index is 13.2. The van der Waals surface area contributed by atoms with Gasteiger partial charge in [0.15, 0.2) is 5.78 Å². The fraction of sp³-hybridized carbons (Fsp3) is 0.500. The third-order valence-electron chi connectivity index (χ3n) is 6.90. The lowest BCUT2D eigenvalue weighted by molar-refractivity contribution is -0.115. The molecule has 1 aliphatic carbocycles. The molecule has 1 atom stereocenters. The minimum absolute atomic E-state index is 0.109. The van der Waals surface area contributed by atoms with Gasteiger partial charge < -0.3 is 14.4 Å². The Bertz CT molecular complexity index is 1100. The first-order valence-corrected chi connectivity index (χ1v) is 15.8. The molecule has 8 heteroatoms. The highest BCUT2D eigenvalue weighted by atomic mass is 32.2. The lowest BCUT2D eigenvalue weighted by Gasteiger charge is -2.27. The van der Waals surface area contributed by atoms with Gasteiger partial charge in [0.1, 0.15) is 5.25 Å². The standard InChI is InChI=1S/C28H36NO5PS/c1-3-33-35(32,34-4-2)17-16-20-10-13-23(14-11-20)29-28(31)27-24-15-12-22(21-8-6-5-7-9-21)18-25(24)26(30)19-36-27/h10-15,18,21,27H,3-9,16-17,19H2,1-2H3,(H,29,31). The molecular weight excluding hydrogens is 493 g/mol. The molecule has 0 saturated heterocycles. The van der Waals surface area contributed by atoms with Crippen molar-refractivity contribution < 1.29 is 23.2 Å². The largest absolute Gasteiger partial charge is 0.330 e. The predicted molar refractivity (Wildman–Crippen MR) is 146 cm³/mol. The highest BCUT2D eigenvalue weighted by Crippen LogP contribution is 2.48. The quantitative estimate of drug-likeness (QED) is 0.329. The molecule has 194 valence electrons. The number of anilines is 1. The minimum Gasteiger partial charge on any atom is -0.325 e. The van der Waals surface area contributed by atoms with Crippen LogP contribution < -0.4 is 5.32 Å². The maximum Gasteiger partial charge on any atom is 0.330 e. The molecule has 2 aromatic carbocycles. The second kappa shape index (κ2) is 12.6. The van der Waals surface area contributed by atoms with Crippen LogP contribution >= 0.6 is 19.4 Å². The van der Waals surface area contributed by atoms with Crippen molar-refractivity contribution in [3.8, 4) is 0 Å². The average molecular weight is 530 g/mol. The molecule has 1 saturated carbocycles. The third kappa shape index (κ3) is 6.69. The number of Topliss-reactive ketones (excluding diaryl/α,β-unsaturated/α-hetero) is 1.